The molecule has 2 heteroatoms. The largest absolute Gasteiger partial charge is 0.426 e. The fourth-order valence-electron chi connectivity index (χ4n) is 1.44. The summed E-state index contributed by atoms with van der Waals surface area (Å²) in [4.78, 5) is 11.5. The molecule has 16 heavy (non-hydrogen) atoms. The lowest BCUT2D eigenvalue weighted by Crippen LogP contribution is -2.08. The summed E-state index contributed by atoms with van der Waals surface area (Å²) < 4.78 is 5.27. The van der Waals surface area contributed by atoms with Gasteiger partial charge < -0.3 is 4.74 Å². The smallest absolute Gasteiger partial charge is 0.311 e. The fourth-order valence-corrected chi connectivity index (χ4v) is 1.44. The Balaban J connectivity index is 2.52. The molecule has 0 N–H and O–H groups in total. The van der Waals surface area contributed by atoms with Gasteiger partial charge in [-0.3, -0.25) is 4.79 Å². The number of rotatable bonds is 6. The Morgan fingerprint density at radius 1 is 1.38 bits per heavy atom. The monoisotopic (exact) mass is 218 g/mol. The summed E-state index contributed by atoms with van der Waals surface area (Å²) in [5, 5.41) is 0. The van der Waals surface area contributed by atoms with Crippen molar-refractivity contribution in [2.75, 3.05) is 0 Å². The maximum absolute atomic E-state index is 11.5. The highest BCUT2D eigenvalue weighted by Gasteiger charge is 2.06. The lowest BCUT2D eigenvalue weighted by atomic mass is 10.2. The Bertz CT molecular complexity index is 356. The number of hydrogen-bond acceptors (Lipinski definition) is 2. The molecule has 0 atom stereocenters. The van der Waals surface area contributed by atoms with Crippen molar-refractivity contribution in [3.63, 3.8) is 0 Å². The van der Waals surface area contributed by atoms with Crippen molar-refractivity contribution in [3.05, 3.63) is 36.4 Å². The van der Waals surface area contributed by atoms with Gasteiger partial charge in [0.1, 0.15) is 5.75 Å². The first-order chi connectivity index (χ1) is 7.77. The molecule has 2 nitrogen and oxygen atoms in total. The topological polar surface area (TPSA) is 26.3 Å². The van der Waals surface area contributed by atoms with E-state index in [4.69, 9.17) is 4.74 Å². The van der Waals surface area contributed by atoms with Crippen LogP contribution >= 0.6 is 0 Å². The molecule has 0 aliphatic carbocycles. The summed E-state index contributed by atoms with van der Waals surface area (Å²) >= 11 is 0. The Kier molecular flexibility index (Phi) is 5.34. The molecule has 0 aliphatic rings. The SMILES string of the molecule is C=Cc1ccccc1OC(=O)CCCCC. The van der Waals surface area contributed by atoms with E-state index in [1.54, 1.807) is 12.1 Å². The molecule has 0 saturated heterocycles. The van der Waals surface area contributed by atoms with E-state index in [1.807, 2.05) is 18.2 Å². The molecule has 0 radical (unpaired) electrons. The van der Waals surface area contributed by atoms with Crippen LogP contribution < -0.4 is 4.74 Å². The molecule has 0 saturated carbocycles. The van der Waals surface area contributed by atoms with Gasteiger partial charge in [0.15, 0.2) is 0 Å². The van der Waals surface area contributed by atoms with Crippen LogP contribution in [0.5, 0.6) is 5.75 Å². The number of carbonyl (C=O) groups is 1. The van der Waals surface area contributed by atoms with Crippen molar-refractivity contribution in [1.82, 2.24) is 0 Å². The van der Waals surface area contributed by atoms with E-state index in [0.29, 0.717) is 12.2 Å². The molecule has 0 unspecified atom stereocenters. The van der Waals surface area contributed by atoms with Gasteiger partial charge in [-0.1, -0.05) is 50.6 Å². The van der Waals surface area contributed by atoms with E-state index in [1.165, 1.54) is 0 Å². The summed E-state index contributed by atoms with van der Waals surface area (Å²) in [5.41, 5.74) is 0.853. The Morgan fingerprint density at radius 3 is 2.81 bits per heavy atom. The number of unbranched alkanes of at least 4 members (excludes halogenated alkanes) is 2. The second kappa shape index (κ2) is 6.83. The first-order valence-corrected chi connectivity index (χ1v) is 5.70. The predicted molar refractivity (Wildman–Crippen MR) is 66.3 cm³/mol. The van der Waals surface area contributed by atoms with Gasteiger partial charge in [0.25, 0.3) is 0 Å². The maximum Gasteiger partial charge on any atom is 0.311 e. The molecule has 0 aliphatic heterocycles. The van der Waals surface area contributed by atoms with Crippen molar-refractivity contribution in [2.45, 2.75) is 32.6 Å². The van der Waals surface area contributed by atoms with Crippen LogP contribution in [0.25, 0.3) is 6.08 Å². The predicted octanol–water partition coefficient (Wildman–Crippen LogP) is 3.82. The van der Waals surface area contributed by atoms with Crippen LogP contribution in [0.15, 0.2) is 30.8 Å². The molecule has 0 bridgehead atoms. The van der Waals surface area contributed by atoms with Gasteiger partial charge in [-0.2, -0.15) is 0 Å². The second-order valence-corrected chi connectivity index (χ2v) is 3.67. The van der Waals surface area contributed by atoms with Gasteiger partial charge in [0.2, 0.25) is 0 Å². The first-order valence-electron chi connectivity index (χ1n) is 5.70. The van der Waals surface area contributed by atoms with Crippen molar-refractivity contribution in [1.29, 1.82) is 0 Å². The van der Waals surface area contributed by atoms with E-state index < -0.39 is 0 Å². The van der Waals surface area contributed by atoms with Crippen molar-refractivity contribution >= 4 is 12.0 Å². The van der Waals surface area contributed by atoms with Crippen LogP contribution in [0.1, 0.15) is 38.2 Å². The zero-order valence-electron chi connectivity index (χ0n) is 9.74. The van der Waals surface area contributed by atoms with Crippen LogP contribution in [0.2, 0.25) is 0 Å². The van der Waals surface area contributed by atoms with Gasteiger partial charge in [0.05, 0.1) is 0 Å². The van der Waals surface area contributed by atoms with Gasteiger partial charge >= 0.3 is 5.97 Å². The summed E-state index contributed by atoms with van der Waals surface area (Å²) in [6, 6.07) is 7.41. The second-order valence-electron chi connectivity index (χ2n) is 3.67. The van der Waals surface area contributed by atoms with Gasteiger partial charge in [-0.25, -0.2) is 0 Å². The summed E-state index contributed by atoms with van der Waals surface area (Å²) in [6.45, 7) is 5.79. The zero-order chi connectivity index (χ0) is 11.8. The van der Waals surface area contributed by atoms with E-state index >= 15 is 0 Å². The van der Waals surface area contributed by atoms with E-state index in [2.05, 4.69) is 13.5 Å². The number of para-hydroxylation sites is 1. The van der Waals surface area contributed by atoms with Gasteiger partial charge in [0, 0.05) is 12.0 Å². The van der Waals surface area contributed by atoms with E-state index in [0.717, 1.165) is 24.8 Å². The van der Waals surface area contributed by atoms with Crippen molar-refractivity contribution in [2.24, 2.45) is 0 Å². The number of esters is 1. The minimum Gasteiger partial charge on any atom is -0.426 e. The molecule has 1 aromatic carbocycles. The minimum absolute atomic E-state index is 0.164. The molecule has 0 heterocycles. The molecule has 1 aromatic rings. The Morgan fingerprint density at radius 2 is 2.12 bits per heavy atom. The third kappa shape index (κ3) is 3.89. The average Bonchev–Trinajstić information content (AvgIpc) is 2.30. The normalized spacial score (nSPS) is 9.81. The van der Waals surface area contributed by atoms with Crippen molar-refractivity contribution in [3.8, 4) is 5.75 Å². The summed E-state index contributed by atoms with van der Waals surface area (Å²) in [7, 11) is 0. The maximum atomic E-state index is 11.5. The molecular weight excluding hydrogens is 200 g/mol. The molecule has 0 amide bonds. The molecule has 86 valence electrons. The van der Waals surface area contributed by atoms with Crippen LogP contribution in [-0.4, -0.2) is 5.97 Å². The van der Waals surface area contributed by atoms with Crippen LogP contribution in [0, 0.1) is 0 Å². The lowest BCUT2D eigenvalue weighted by molar-refractivity contribution is -0.134. The Hall–Kier alpha value is -1.57. The van der Waals surface area contributed by atoms with E-state index in [9.17, 15) is 4.79 Å². The Labute approximate surface area is 96.9 Å². The fraction of sp³-hybridized carbons (Fsp3) is 0.357. The number of carbonyl (C=O) groups excluding carboxylic acids is 1. The first kappa shape index (κ1) is 12.5. The molecule has 0 aromatic heterocycles. The highest BCUT2D eigenvalue weighted by molar-refractivity contribution is 5.74. The quantitative estimate of drug-likeness (QED) is 0.412. The standard InChI is InChI=1S/C14H18O2/c1-3-5-6-11-14(15)16-13-10-8-7-9-12(13)4-2/h4,7-10H,2-3,5-6,11H2,1H3. The number of ether oxygens (including phenoxy) is 1. The third-order valence-corrected chi connectivity index (χ3v) is 2.35. The van der Waals surface area contributed by atoms with Crippen LogP contribution in [-0.2, 0) is 4.79 Å². The lowest BCUT2D eigenvalue weighted by Gasteiger charge is -2.06. The zero-order valence-corrected chi connectivity index (χ0v) is 9.74. The number of benzene rings is 1. The van der Waals surface area contributed by atoms with E-state index in [-0.39, 0.29) is 5.97 Å². The molecule has 0 fully saturated rings. The highest BCUT2D eigenvalue weighted by Crippen LogP contribution is 2.19. The average molecular weight is 218 g/mol. The highest BCUT2D eigenvalue weighted by atomic mass is 16.5. The van der Waals surface area contributed by atoms with Gasteiger partial charge in [-0.15, -0.1) is 0 Å². The summed E-state index contributed by atoms with van der Waals surface area (Å²) in [6.07, 6.45) is 5.24. The number of hydrogen-bond donors (Lipinski definition) is 0. The molecular formula is C14H18O2. The van der Waals surface area contributed by atoms with Crippen LogP contribution in [0.3, 0.4) is 0 Å². The third-order valence-electron chi connectivity index (χ3n) is 2.35. The minimum atomic E-state index is -0.164. The van der Waals surface area contributed by atoms with Crippen molar-refractivity contribution < 1.29 is 9.53 Å². The summed E-state index contributed by atoms with van der Waals surface area (Å²) in [5.74, 6) is 0.432. The molecule has 0 spiro atoms. The van der Waals surface area contributed by atoms with Gasteiger partial charge in [-0.05, 0) is 12.5 Å². The van der Waals surface area contributed by atoms with Crippen LogP contribution in [0.4, 0.5) is 0 Å². The molecule has 1 rings (SSSR count).